The summed E-state index contributed by atoms with van der Waals surface area (Å²) >= 11 is 5.99. The highest BCUT2D eigenvalue weighted by Crippen LogP contribution is 2.38. The number of halogens is 1. The molecule has 1 N–H and O–H groups in total. The lowest BCUT2D eigenvalue weighted by atomic mass is 9.98. The summed E-state index contributed by atoms with van der Waals surface area (Å²) in [6.45, 7) is 0.383. The lowest BCUT2D eigenvalue weighted by Crippen LogP contribution is -2.24. The topological polar surface area (TPSA) is 72.6 Å². The van der Waals surface area contributed by atoms with Crippen LogP contribution in [0.1, 0.15) is 24.5 Å². The maximum absolute atomic E-state index is 10.9. The maximum Gasteiger partial charge on any atom is 0.276 e. The van der Waals surface area contributed by atoms with Gasteiger partial charge >= 0.3 is 0 Å². The van der Waals surface area contributed by atoms with Gasteiger partial charge in [-0.1, -0.05) is 17.7 Å². The van der Waals surface area contributed by atoms with Crippen molar-refractivity contribution < 1.29 is 14.8 Å². The molecule has 17 heavy (non-hydrogen) atoms. The molecule has 0 bridgehead atoms. The first-order valence-electron chi connectivity index (χ1n) is 5.32. The summed E-state index contributed by atoms with van der Waals surface area (Å²) in [4.78, 5) is 10.4. The van der Waals surface area contributed by atoms with Gasteiger partial charge in [-0.3, -0.25) is 10.1 Å². The molecule has 1 aromatic rings. The second kappa shape index (κ2) is 5.00. The fraction of sp³-hybridized carbons (Fsp3) is 0.455. The molecule has 0 aliphatic carbocycles. The summed E-state index contributed by atoms with van der Waals surface area (Å²) in [5.74, 6) is 0. The Labute approximate surface area is 103 Å². The SMILES string of the molecule is O=[N+]([O-])c1cccc(Cl)c1C1CC(O)CCO1. The predicted molar refractivity (Wildman–Crippen MR) is 62.0 cm³/mol. The lowest BCUT2D eigenvalue weighted by Gasteiger charge is -2.27. The zero-order valence-electron chi connectivity index (χ0n) is 9.01. The highest BCUT2D eigenvalue weighted by Gasteiger charge is 2.30. The second-order valence-electron chi connectivity index (χ2n) is 3.97. The normalized spacial score (nSPS) is 24.6. The van der Waals surface area contributed by atoms with Crippen LogP contribution in [0.5, 0.6) is 0 Å². The molecule has 5 nitrogen and oxygen atoms in total. The monoisotopic (exact) mass is 257 g/mol. The van der Waals surface area contributed by atoms with Crippen LogP contribution in [-0.4, -0.2) is 22.7 Å². The Hall–Kier alpha value is -1.17. The van der Waals surface area contributed by atoms with Crippen LogP contribution < -0.4 is 0 Å². The number of nitrogens with zero attached hydrogens (tertiary/aromatic N) is 1. The molecule has 1 fully saturated rings. The zero-order valence-corrected chi connectivity index (χ0v) is 9.76. The molecule has 1 saturated heterocycles. The quantitative estimate of drug-likeness (QED) is 0.652. The van der Waals surface area contributed by atoms with Gasteiger partial charge in [-0.2, -0.15) is 0 Å². The Kier molecular flexibility index (Phi) is 3.61. The van der Waals surface area contributed by atoms with Gasteiger partial charge in [0.25, 0.3) is 5.69 Å². The molecule has 0 amide bonds. The summed E-state index contributed by atoms with van der Waals surface area (Å²) in [6, 6.07) is 4.52. The number of hydrogen-bond acceptors (Lipinski definition) is 4. The van der Waals surface area contributed by atoms with Crippen molar-refractivity contribution in [3.63, 3.8) is 0 Å². The summed E-state index contributed by atoms with van der Waals surface area (Å²) in [7, 11) is 0. The Morgan fingerprint density at radius 2 is 2.29 bits per heavy atom. The van der Waals surface area contributed by atoms with Gasteiger partial charge < -0.3 is 9.84 Å². The number of ether oxygens (including phenoxy) is 1. The third kappa shape index (κ3) is 2.57. The van der Waals surface area contributed by atoms with E-state index in [4.69, 9.17) is 16.3 Å². The molecule has 2 atom stereocenters. The summed E-state index contributed by atoms with van der Waals surface area (Å²) < 4.78 is 5.46. The molecule has 0 radical (unpaired) electrons. The minimum absolute atomic E-state index is 0.0587. The molecule has 1 aliphatic rings. The van der Waals surface area contributed by atoms with Crippen molar-refractivity contribution in [2.45, 2.75) is 25.0 Å². The fourth-order valence-electron chi connectivity index (χ4n) is 1.98. The molecule has 6 heteroatoms. The molecule has 92 valence electrons. The van der Waals surface area contributed by atoms with Gasteiger partial charge in [0.15, 0.2) is 0 Å². The van der Waals surface area contributed by atoms with E-state index in [0.29, 0.717) is 30.0 Å². The second-order valence-corrected chi connectivity index (χ2v) is 4.37. The van der Waals surface area contributed by atoms with Gasteiger partial charge in [-0.15, -0.1) is 0 Å². The van der Waals surface area contributed by atoms with Gasteiger partial charge in [-0.05, 0) is 12.5 Å². The largest absolute Gasteiger partial charge is 0.393 e. The summed E-state index contributed by atoms with van der Waals surface area (Å²) in [5, 5.41) is 20.8. The Balaban J connectivity index is 2.39. The van der Waals surface area contributed by atoms with Crippen molar-refractivity contribution in [1.29, 1.82) is 0 Å². The number of rotatable bonds is 2. The van der Waals surface area contributed by atoms with Crippen molar-refractivity contribution >= 4 is 17.3 Å². The van der Waals surface area contributed by atoms with Crippen molar-refractivity contribution in [2.24, 2.45) is 0 Å². The minimum atomic E-state index is -0.507. The third-order valence-electron chi connectivity index (χ3n) is 2.80. The van der Waals surface area contributed by atoms with Gasteiger partial charge in [0, 0.05) is 19.1 Å². The van der Waals surface area contributed by atoms with Crippen LogP contribution in [-0.2, 0) is 4.74 Å². The summed E-state index contributed by atoms with van der Waals surface area (Å²) in [5.41, 5.74) is 0.300. The molecule has 0 spiro atoms. The van der Waals surface area contributed by atoms with Crippen LogP contribution in [0, 0.1) is 10.1 Å². The molecular formula is C11H12ClNO4. The Morgan fingerprint density at radius 1 is 1.53 bits per heavy atom. The number of hydrogen-bond donors (Lipinski definition) is 1. The van der Waals surface area contributed by atoms with E-state index in [0.717, 1.165) is 0 Å². The highest BCUT2D eigenvalue weighted by molar-refractivity contribution is 6.31. The van der Waals surface area contributed by atoms with Crippen LogP contribution >= 0.6 is 11.6 Å². The molecule has 1 aliphatic heterocycles. The van der Waals surface area contributed by atoms with E-state index in [2.05, 4.69) is 0 Å². The molecule has 0 saturated carbocycles. The van der Waals surface area contributed by atoms with Crippen molar-refractivity contribution in [3.05, 3.63) is 38.9 Å². The smallest absolute Gasteiger partial charge is 0.276 e. The van der Waals surface area contributed by atoms with Gasteiger partial charge in [0.1, 0.15) is 0 Å². The standard InChI is InChI=1S/C11H12ClNO4/c12-8-2-1-3-9(13(15)16)11(8)10-6-7(14)4-5-17-10/h1-3,7,10,14H,4-6H2. The number of benzene rings is 1. The first kappa shape index (κ1) is 12.3. The lowest BCUT2D eigenvalue weighted by molar-refractivity contribution is -0.386. The molecule has 1 heterocycles. The van der Waals surface area contributed by atoms with E-state index in [1.807, 2.05) is 0 Å². The van der Waals surface area contributed by atoms with Gasteiger partial charge in [0.05, 0.1) is 27.7 Å². The molecule has 0 aromatic heterocycles. The van der Waals surface area contributed by atoms with E-state index in [1.54, 1.807) is 6.07 Å². The molecule has 2 rings (SSSR count). The summed E-state index contributed by atoms with van der Waals surface area (Å²) in [6.07, 6.45) is -0.114. The number of nitro benzene ring substituents is 1. The van der Waals surface area contributed by atoms with Crippen molar-refractivity contribution in [3.8, 4) is 0 Å². The molecule has 1 aromatic carbocycles. The van der Waals surface area contributed by atoms with Crippen LogP contribution in [0.15, 0.2) is 18.2 Å². The maximum atomic E-state index is 10.9. The number of nitro groups is 1. The van der Waals surface area contributed by atoms with E-state index in [9.17, 15) is 15.2 Å². The van der Waals surface area contributed by atoms with Crippen LogP contribution in [0.25, 0.3) is 0 Å². The first-order chi connectivity index (χ1) is 8.09. The zero-order chi connectivity index (χ0) is 12.4. The average Bonchev–Trinajstić information content (AvgIpc) is 2.28. The van der Waals surface area contributed by atoms with Gasteiger partial charge in [0.2, 0.25) is 0 Å². The van der Waals surface area contributed by atoms with Gasteiger partial charge in [-0.25, -0.2) is 0 Å². The van der Waals surface area contributed by atoms with E-state index in [1.165, 1.54) is 12.1 Å². The molecular weight excluding hydrogens is 246 g/mol. The van der Waals surface area contributed by atoms with E-state index >= 15 is 0 Å². The fourth-order valence-corrected chi connectivity index (χ4v) is 2.28. The van der Waals surface area contributed by atoms with Crippen LogP contribution in [0.2, 0.25) is 5.02 Å². The van der Waals surface area contributed by atoms with Crippen LogP contribution in [0.4, 0.5) is 5.69 Å². The van der Waals surface area contributed by atoms with E-state index in [-0.39, 0.29) is 5.69 Å². The Bertz CT molecular complexity index is 437. The third-order valence-corrected chi connectivity index (χ3v) is 3.13. The number of aliphatic hydroxyl groups is 1. The van der Waals surface area contributed by atoms with Crippen molar-refractivity contribution in [2.75, 3.05) is 6.61 Å². The van der Waals surface area contributed by atoms with E-state index < -0.39 is 17.1 Å². The molecule has 2 unspecified atom stereocenters. The van der Waals surface area contributed by atoms with Crippen molar-refractivity contribution in [1.82, 2.24) is 0 Å². The number of aliphatic hydroxyl groups excluding tert-OH is 1. The van der Waals surface area contributed by atoms with Crippen LogP contribution in [0.3, 0.4) is 0 Å². The average molecular weight is 258 g/mol. The minimum Gasteiger partial charge on any atom is -0.393 e. The Morgan fingerprint density at radius 3 is 2.94 bits per heavy atom. The highest BCUT2D eigenvalue weighted by atomic mass is 35.5. The predicted octanol–water partition coefficient (Wildman–Crippen LogP) is 2.46. The first-order valence-corrected chi connectivity index (χ1v) is 5.70.